The van der Waals surface area contributed by atoms with Crippen molar-refractivity contribution in [2.45, 2.75) is 12.9 Å². The average Bonchev–Trinajstić information content (AvgIpc) is 2.25. The first kappa shape index (κ1) is 13.7. The Labute approximate surface area is 102 Å². The van der Waals surface area contributed by atoms with Crippen molar-refractivity contribution in [1.29, 1.82) is 0 Å². The number of carbonyl (C=O) groups is 1. The molecule has 0 aliphatic rings. The second kappa shape index (κ2) is 5.33. The molecule has 0 amide bonds. The summed E-state index contributed by atoms with van der Waals surface area (Å²) in [6.07, 6.45) is 1.43. The number of Topliss-reactive ketones (excluding diaryl/α,β-unsaturated/α-hetero) is 1. The molecule has 0 radical (unpaired) electrons. The van der Waals surface area contributed by atoms with E-state index in [4.69, 9.17) is 5.73 Å². The third kappa shape index (κ3) is 4.20. The van der Waals surface area contributed by atoms with Gasteiger partial charge in [-0.3, -0.25) is 9.52 Å². The summed E-state index contributed by atoms with van der Waals surface area (Å²) >= 11 is 0. The Morgan fingerprint density at radius 3 is 2.53 bits per heavy atom. The third-order valence-corrected chi connectivity index (χ3v) is 2.78. The van der Waals surface area contributed by atoms with E-state index in [0.29, 0.717) is 17.6 Å². The van der Waals surface area contributed by atoms with Gasteiger partial charge in [0.25, 0.3) is 0 Å². The van der Waals surface area contributed by atoms with Crippen molar-refractivity contribution >= 4 is 29.3 Å². The fourth-order valence-corrected chi connectivity index (χ4v) is 1.99. The van der Waals surface area contributed by atoms with Gasteiger partial charge < -0.3 is 5.73 Å². The molecule has 0 saturated heterocycles. The number of rotatable bonds is 5. The van der Waals surface area contributed by atoms with Crippen LogP contribution in [-0.2, 0) is 16.6 Å². The van der Waals surface area contributed by atoms with Crippen LogP contribution in [0, 0.1) is 0 Å². The molecule has 17 heavy (non-hydrogen) atoms. The first-order valence-corrected chi connectivity index (χ1v) is 7.10. The lowest BCUT2D eigenvalue weighted by Gasteiger charge is -2.08. The van der Waals surface area contributed by atoms with Gasteiger partial charge >= 0.3 is 0 Å². The number of anilines is 1. The van der Waals surface area contributed by atoms with Crippen molar-refractivity contribution in [3.63, 3.8) is 0 Å². The van der Waals surface area contributed by atoms with E-state index in [-0.39, 0.29) is 12.3 Å². The molecule has 3 N–H and O–H groups in total. The van der Waals surface area contributed by atoms with Crippen LogP contribution in [0.4, 0.5) is 5.69 Å². The quantitative estimate of drug-likeness (QED) is 0.560. The number of nitrogens with two attached hydrogens (primary N) is 1. The SMILES string of the molecule is BCC(=O)c1cc(CN)cc(NS(C)(=O)=O)c1. The van der Waals surface area contributed by atoms with Gasteiger partial charge in [-0.25, -0.2) is 8.42 Å². The molecule has 1 rings (SSSR count). The normalized spacial score (nSPS) is 11.2. The van der Waals surface area contributed by atoms with Crippen LogP contribution >= 0.6 is 0 Å². The summed E-state index contributed by atoms with van der Waals surface area (Å²) in [4.78, 5) is 11.6. The minimum atomic E-state index is -3.35. The van der Waals surface area contributed by atoms with Gasteiger partial charge in [-0.2, -0.15) is 0 Å². The molecule has 92 valence electrons. The first-order valence-electron chi connectivity index (χ1n) is 5.20. The minimum Gasteiger partial charge on any atom is -0.326 e. The van der Waals surface area contributed by atoms with Crippen molar-refractivity contribution in [2.75, 3.05) is 11.0 Å². The van der Waals surface area contributed by atoms with Gasteiger partial charge in [0.1, 0.15) is 7.85 Å². The molecule has 1 aromatic rings. The van der Waals surface area contributed by atoms with Crippen LogP contribution in [0.25, 0.3) is 0 Å². The molecule has 0 fully saturated rings. The van der Waals surface area contributed by atoms with E-state index in [2.05, 4.69) is 4.72 Å². The Morgan fingerprint density at radius 1 is 1.41 bits per heavy atom. The summed E-state index contributed by atoms with van der Waals surface area (Å²) < 4.78 is 24.6. The van der Waals surface area contributed by atoms with E-state index in [0.717, 1.165) is 11.8 Å². The smallest absolute Gasteiger partial charge is 0.229 e. The topological polar surface area (TPSA) is 89.3 Å². The largest absolute Gasteiger partial charge is 0.326 e. The number of carbonyl (C=O) groups excluding carboxylic acids is 1. The van der Waals surface area contributed by atoms with Crippen molar-refractivity contribution in [3.8, 4) is 0 Å². The number of benzene rings is 1. The molecular weight excluding hydrogens is 239 g/mol. The Bertz CT molecular complexity index is 528. The maximum absolute atomic E-state index is 11.6. The maximum atomic E-state index is 11.6. The molecule has 0 unspecified atom stereocenters. The molecule has 0 spiro atoms. The van der Waals surface area contributed by atoms with Crippen LogP contribution in [0.3, 0.4) is 0 Å². The van der Waals surface area contributed by atoms with Crippen molar-refractivity contribution in [2.24, 2.45) is 5.73 Å². The highest BCUT2D eigenvalue weighted by Gasteiger charge is 2.09. The lowest BCUT2D eigenvalue weighted by molar-refractivity contribution is 0.101. The summed E-state index contributed by atoms with van der Waals surface area (Å²) in [6.45, 7) is 0.253. The van der Waals surface area contributed by atoms with Crippen LogP contribution in [0.2, 0.25) is 6.32 Å². The molecule has 0 aliphatic carbocycles. The summed E-state index contributed by atoms with van der Waals surface area (Å²) in [5.41, 5.74) is 7.06. The van der Waals surface area contributed by atoms with Gasteiger partial charge in [0, 0.05) is 17.8 Å². The Morgan fingerprint density at radius 2 is 2.06 bits per heavy atom. The molecule has 0 saturated carbocycles. The number of hydrogen-bond acceptors (Lipinski definition) is 4. The van der Waals surface area contributed by atoms with E-state index in [9.17, 15) is 13.2 Å². The molecule has 1 aromatic carbocycles. The highest BCUT2D eigenvalue weighted by molar-refractivity contribution is 7.92. The van der Waals surface area contributed by atoms with Crippen LogP contribution in [0.15, 0.2) is 18.2 Å². The zero-order valence-electron chi connectivity index (χ0n) is 9.86. The average molecular weight is 254 g/mol. The zero-order chi connectivity index (χ0) is 13.1. The van der Waals surface area contributed by atoms with Gasteiger partial charge in [0.2, 0.25) is 10.0 Å². The number of ketones is 1. The fourth-order valence-electron chi connectivity index (χ4n) is 1.45. The van der Waals surface area contributed by atoms with E-state index in [1.807, 2.05) is 0 Å². The first-order chi connectivity index (χ1) is 7.85. The Kier molecular flexibility index (Phi) is 4.30. The van der Waals surface area contributed by atoms with E-state index in [1.165, 1.54) is 6.07 Å². The summed E-state index contributed by atoms with van der Waals surface area (Å²) in [7, 11) is -1.60. The lowest BCUT2D eigenvalue weighted by atomic mass is 9.94. The number of sulfonamides is 1. The molecule has 0 aromatic heterocycles. The van der Waals surface area contributed by atoms with Gasteiger partial charge in [-0.1, -0.05) is 0 Å². The lowest BCUT2D eigenvalue weighted by Crippen LogP contribution is -2.11. The van der Waals surface area contributed by atoms with Gasteiger partial charge in [0.15, 0.2) is 5.78 Å². The van der Waals surface area contributed by atoms with Crippen molar-refractivity contribution in [1.82, 2.24) is 0 Å². The maximum Gasteiger partial charge on any atom is 0.229 e. The number of nitrogens with one attached hydrogen (secondary N) is 1. The van der Waals surface area contributed by atoms with E-state index in [1.54, 1.807) is 20.0 Å². The molecule has 0 heterocycles. The highest BCUT2D eigenvalue weighted by Crippen LogP contribution is 2.17. The van der Waals surface area contributed by atoms with Gasteiger partial charge in [0.05, 0.1) is 6.26 Å². The van der Waals surface area contributed by atoms with Crippen molar-refractivity contribution in [3.05, 3.63) is 29.3 Å². The minimum absolute atomic E-state index is 0.0446. The Hall–Kier alpha value is -1.34. The van der Waals surface area contributed by atoms with Crippen LogP contribution in [-0.4, -0.2) is 28.3 Å². The van der Waals surface area contributed by atoms with Gasteiger partial charge in [-0.15, -0.1) is 0 Å². The van der Waals surface area contributed by atoms with Crippen LogP contribution < -0.4 is 10.5 Å². The second-order valence-electron chi connectivity index (χ2n) is 3.77. The molecule has 5 nitrogen and oxygen atoms in total. The molecule has 0 bridgehead atoms. The highest BCUT2D eigenvalue weighted by atomic mass is 32.2. The van der Waals surface area contributed by atoms with Crippen LogP contribution in [0.5, 0.6) is 0 Å². The summed E-state index contributed by atoms with van der Waals surface area (Å²) in [5.74, 6) is -0.0446. The standard InChI is InChI=1S/C10H15BN2O3S/c1-17(15,16)13-9-3-7(6-12)2-8(4-9)10(14)5-11/h2-4,13H,5-6,11-12H2,1H3. The fraction of sp³-hybridized carbons (Fsp3) is 0.300. The molecular formula is C10H15BN2O3S. The zero-order valence-corrected chi connectivity index (χ0v) is 10.7. The predicted molar refractivity (Wildman–Crippen MR) is 70.5 cm³/mol. The van der Waals surface area contributed by atoms with Crippen LogP contribution in [0.1, 0.15) is 15.9 Å². The van der Waals surface area contributed by atoms with E-state index >= 15 is 0 Å². The van der Waals surface area contributed by atoms with E-state index < -0.39 is 10.0 Å². The van der Waals surface area contributed by atoms with Gasteiger partial charge in [-0.05, 0) is 30.1 Å². The summed E-state index contributed by atoms with van der Waals surface area (Å²) in [5, 5.41) is 0. The monoisotopic (exact) mass is 254 g/mol. The predicted octanol–water partition coefficient (Wildman–Crippen LogP) is -0.249. The summed E-state index contributed by atoms with van der Waals surface area (Å²) in [6, 6.07) is 4.82. The number of hydrogen-bond donors (Lipinski definition) is 2. The second-order valence-corrected chi connectivity index (χ2v) is 5.52. The van der Waals surface area contributed by atoms with Crippen molar-refractivity contribution < 1.29 is 13.2 Å². The Balaban J connectivity index is 3.18. The molecule has 0 aliphatic heterocycles. The molecule has 7 heteroatoms. The molecule has 0 atom stereocenters. The third-order valence-electron chi connectivity index (χ3n) is 2.17.